The Morgan fingerprint density at radius 3 is 2.81 bits per heavy atom. The zero-order valence-electron chi connectivity index (χ0n) is 14.1. The average Bonchev–Trinajstić information content (AvgIpc) is 2.98. The number of rotatable bonds is 7. The molecule has 1 aromatic heterocycles. The number of likely N-dealkylation sites (N-methyl/N-ethyl adjacent to an activating group) is 1. The van der Waals surface area contributed by atoms with E-state index in [0.29, 0.717) is 30.3 Å². The number of carboxylic acids is 1. The molecule has 1 fully saturated rings. The van der Waals surface area contributed by atoms with Crippen LogP contribution in [0.25, 0.3) is 10.9 Å². The van der Waals surface area contributed by atoms with Crippen LogP contribution in [0.3, 0.4) is 0 Å². The minimum atomic E-state index is -0.871. The fourth-order valence-corrected chi connectivity index (χ4v) is 3.22. The number of aromatic nitrogens is 2. The highest BCUT2D eigenvalue weighted by Crippen LogP contribution is 2.27. The van der Waals surface area contributed by atoms with Gasteiger partial charge in [0.1, 0.15) is 0 Å². The van der Waals surface area contributed by atoms with Gasteiger partial charge in [0.15, 0.2) is 5.69 Å². The number of nitrogens with one attached hydrogen (secondary N) is 2. The molecule has 10 nitrogen and oxygen atoms in total. The quantitative estimate of drug-likeness (QED) is 0.496. The summed E-state index contributed by atoms with van der Waals surface area (Å²) in [5.41, 5.74) is 0.555. The van der Waals surface area contributed by atoms with Gasteiger partial charge in [-0.2, -0.15) is 5.10 Å². The van der Waals surface area contributed by atoms with Crippen LogP contribution in [0, 0.1) is 10.1 Å². The van der Waals surface area contributed by atoms with Gasteiger partial charge in [-0.15, -0.1) is 0 Å². The van der Waals surface area contributed by atoms with Gasteiger partial charge in [-0.25, -0.2) is 0 Å². The number of carbonyl (C=O) groups excluding carboxylic acids is 1. The van der Waals surface area contributed by atoms with Gasteiger partial charge in [0.2, 0.25) is 0 Å². The van der Waals surface area contributed by atoms with Gasteiger partial charge in [-0.3, -0.25) is 29.7 Å². The first-order valence-corrected chi connectivity index (χ1v) is 8.28. The van der Waals surface area contributed by atoms with Crippen molar-refractivity contribution in [1.29, 1.82) is 0 Å². The first kappa shape index (κ1) is 17.8. The number of nitro groups is 1. The van der Waals surface area contributed by atoms with Crippen molar-refractivity contribution in [3.05, 3.63) is 34.0 Å². The van der Waals surface area contributed by atoms with Crippen LogP contribution in [0.5, 0.6) is 0 Å². The number of carbonyl (C=O) groups is 2. The number of carboxylic acid groups (broad SMARTS) is 1. The van der Waals surface area contributed by atoms with E-state index in [0.717, 1.165) is 0 Å². The highest BCUT2D eigenvalue weighted by molar-refractivity contribution is 6.05. The van der Waals surface area contributed by atoms with Crippen LogP contribution in [-0.2, 0) is 4.79 Å². The zero-order valence-corrected chi connectivity index (χ0v) is 14.1. The molecule has 1 aromatic carbocycles. The lowest BCUT2D eigenvalue weighted by Crippen LogP contribution is -2.54. The summed E-state index contributed by atoms with van der Waals surface area (Å²) in [6.07, 6.45) is 1.32. The molecule has 0 saturated heterocycles. The van der Waals surface area contributed by atoms with Gasteiger partial charge in [0.05, 0.1) is 17.0 Å². The fourth-order valence-electron chi connectivity index (χ4n) is 3.22. The molecule has 0 unspecified atom stereocenters. The van der Waals surface area contributed by atoms with Gasteiger partial charge in [0, 0.05) is 29.6 Å². The molecule has 0 spiro atoms. The summed E-state index contributed by atoms with van der Waals surface area (Å²) in [6.45, 7) is 2.51. The Labute approximate surface area is 148 Å². The molecular weight excluding hydrogens is 342 g/mol. The Morgan fingerprint density at radius 2 is 2.19 bits per heavy atom. The summed E-state index contributed by atoms with van der Waals surface area (Å²) in [5, 5.41) is 29.7. The van der Waals surface area contributed by atoms with Crippen molar-refractivity contribution >= 4 is 28.5 Å². The number of benzene rings is 1. The smallest absolute Gasteiger partial charge is 0.317 e. The van der Waals surface area contributed by atoms with Gasteiger partial charge < -0.3 is 10.4 Å². The van der Waals surface area contributed by atoms with Crippen LogP contribution in [0.2, 0.25) is 0 Å². The van der Waals surface area contributed by atoms with E-state index < -0.39 is 16.8 Å². The van der Waals surface area contributed by atoms with E-state index in [-0.39, 0.29) is 30.0 Å². The molecule has 0 radical (unpaired) electrons. The van der Waals surface area contributed by atoms with E-state index in [1.54, 1.807) is 0 Å². The van der Waals surface area contributed by atoms with Crippen LogP contribution in [0.4, 0.5) is 5.69 Å². The number of nitro benzene ring substituents is 1. The van der Waals surface area contributed by atoms with Crippen molar-refractivity contribution in [2.75, 3.05) is 13.1 Å². The first-order chi connectivity index (χ1) is 12.4. The average molecular weight is 361 g/mol. The second kappa shape index (κ2) is 7.08. The number of hydrogen-bond donors (Lipinski definition) is 3. The Bertz CT molecular complexity index is 858. The summed E-state index contributed by atoms with van der Waals surface area (Å²) in [7, 11) is 0. The molecule has 2 aromatic rings. The van der Waals surface area contributed by atoms with E-state index in [2.05, 4.69) is 15.5 Å². The van der Waals surface area contributed by atoms with Crippen molar-refractivity contribution in [1.82, 2.24) is 20.4 Å². The summed E-state index contributed by atoms with van der Waals surface area (Å²) in [4.78, 5) is 35.6. The van der Waals surface area contributed by atoms with Crippen LogP contribution in [0.15, 0.2) is 18.2 Å². The molecule has 0 aliphatic heterocycles. The van der Waals surface area contributed by atoms with Crippen LogP contribution in [0.1, 0.15) is 30.3 Å². The Kier molecular flexibility index (Phi) is 4.85. The molecule has 1 aliphatic carbocycles. The number of non-ortho nitro benzene ring substituents is 1. The third-order valence-corrected chi connectivity index (χ3v) is 4.68. The molecule has 1 aliphatic rings. The SMILES string of the molecule is CCN(CC(=O)O)C1CC(NC(=O)c2n[nH]c3ccc([N+](=O)[O-])cc23)C1. The number of amides is 1. The fraction of sp³-hybridized carbons (Fsp3) is 0.438. The monoisotopic (exact) mass is 361 g/mol. The molecule has 26 heavy (non-hydrogen) atoms. The molecule has 1 saturated carbocycles. The Hall–Kier alpha value is -3.01. The number of aromatic amines is 1. The lowest BCUT2D eigenvalue weighted by molar-refractivity contribution is -0.384. The maximum Gasteiger partial charge on any atom is 0.317 e. The van der Waals surface area contributed by atoms with Gasteiger partial charge in [-0.05, 0) is 25.5 Å². The maximum absolute atomic E-state index is 12.5. The number of H-pyrrole nitrogens is 1. The molecule has 10 heteroatoms. The van der Waals surface area contributed by atoms with Crippen LogP contribution >= 0.6 is 0 Å². The van der Waals surface area contributed by atoms with E-state index in [4.69, 9.17) is 5.11 Å². The normalized spacial score (nSPS) is 19.3. The van der Waals surface area contributed by atoms with Gasteiger partial charge in [0.25, 0.3) is 11.6 Å². The van der Waals surface area contributed by atoms with E-state index in [9.17, 15) is 19.7 Å². The molecule has 0 bridgehead atoms. The number of aliphatic carboxylic acids is 1. The highest BCUT2D eigenvalue weighted by Gasteiger charge is 2.35. The number of nitrogens with zero attached hydrogens (tertiary/aromatic N) is 3. The molecule has 3 N–H and O–H groups in total. The second-order valence-electron chi connectivity index (χ2n) is 6.31. The lowest BCUT2D eigenvalue weighted by atomic mass is 9.85. The maximum atomic E-state index is 12.5. The van der Waals surface area contributed by atoms with Crippen molar-refractivity contribution in [3.63, 3.8) is 0 Å². The van der Waals surface area contributed by atoms with Crippen LogP contribution in [-0.4, -0.2) is 62.2 Å². The van der Waals surface area contributed by atoms with E-state index in [1.807, 2.05) is 11.8 Å². The van der Waals surface area contributed by atoms with E-state index in [1.165, 1.54) is 18.2 Å². The predicted molar refractivity (Wildman–Crippen MR) is 91.9 cm³/mol. The predicted octanol–water partition coefficient (Wildman–Crippen LogP) is 1.14. The summed E-state index contributed by atoms with van der Waals surface area (Å²) < 4.78 is 0. The lowest BCUT2D eigenvalue weighted by Gasteiger charge is -2.42. The summed E-state index contributed by atoms with van der Waals surface area (Å²) in [6, 6.07) is 4.24. The zero-order chi connectivity index (χ0) is 18.8. The number of fused-ring (bicyclic) bond motifs is 1. The summed E-state index contributed by atoms with van der Waals surface area (Å²) in [5.74, 6) is -1.27. The minimum Gasteiger partial charge on any atom is -0.480 e. The third kappa shape index (κ3) is 3.49. The third-order valence-electron chi connectivity index (χ3n) is 4.68. The molecular formula is C16H19N5O5. The van der Waals surface area contributed by atoms with Crippen molar-refractivity contribution < 1.29 is 19.6 Å². The molecule has 3 rings (SSSR count). The Morgan fingerprint density at radius 1 is 1.46 bits per heavy atom. The van der Waals surface area contributed by atoms with Gasteiger partial charge >= 0.3 is 5.97 Å². The summed E-state index contributed by atoms with van der Waals surface area (Å²) >= 11 is 0. The first-order valence-electron chi connectivity index (χ1n) is 8.28. The topological polar surface area (TPSA) is 141 Å². The van der Waals surface area contributed by atoms with Gasteiger partial charge in [-0.1, -0.05) is 6.92 Å². The minimum absolute atomic E-state index is 0.0183. The van der Waals surface area contributed by atoms with Crippen molar-refractivity contribution in [3.8, 4) is 0 Å². The molecule has 0 atom stereocenters. The molecule has 1 heterocycles. The van der Waals surface area contributed by atoms with Crippen LogP contribution < -0.4 is 5.32 Å². The number of hydrogen-bond acceptors (Lipinski definition) is 6. The highest BCUT2D eigenvalue weighted by atomic mass is 16.6. The largest absolute Gasteiger partial charge is 0.480 e. The second-order valence-corrected chi connectivity index (χ2v) is 6.31. The molecule has 1 amide bonds. The van der Waals surface area contributed by atoms with Crippen molar-refractivity contribution in [2.24, 2.45) is 0 Å². The molecule has 138 valence electrons. The van der Waals surface area contributed by atoms with E-state index >= 15 is 0 Å². The Balaban J connectivity index is 1.65. The van der Waals surface area contributed by atoms with Crippen molar-refractivity contribution in [2.45, 2.75) is 31.8 Å². The standard InChI is InChI=1S/C16H19N5O5/c1-2-20(8-14(22)23)11-5-9(6-11)17-16(24)15-12-7-10(21(25)26)3-4-13(12)18-19-15/h3-4,7,9,11H,2,5-6,8H2,1H3,(H,17,24)(H,18,19)(H,22,23).